The second-order valence-electron chi connectivity index (χ2n) is 5.13. The summed E-state index contributed by atoms with van der Waals surface area (Å²) in [6, 6.07) is 2.02. The van der Waals surface area contributed by atoms with Gasteiger partial charge in [0, 0.05) is 19.3 Å². The van der Waals surface area contributed by atoms with Gasteiger partial charge in [0.25, 0.3) is 0 Å². The van der Waals surface area contributed by atoms with Gasteiger partial charge in [-0.2, -0.15) is 0 Å². The van der Waals surface area contributed by atoms with Crippen LogP contribution < -0.4 is 5.32 Å². The molecule has 1 N–H and O–H groups in total. The van der Waals surface area contributed by atoms with Gasteiger partial charge in [0.15, 0.2) is 0 Å². The maximum absolute atomic E-state index is 4.33. The van der Waals surface area contributed by atoms with Crippen LogP contribution in [-0.4, -0.2) is 41.0 Å². The predicted octanol–water partition coefficient (Wildman–Crippen LogP) is 1.69. The molecule has 0 atom stereocenters. The van der Waals surface area contributed by atoms with Crippen molar-refractivity contribution in [1.29, 1.82) is 0 Å². The van der Waals surface area contributed by atoms with Crippen molar-refractivity contribution < 1.29 is 0 Å². The third-order valence-corrected chi connectivity index (χ3v) is 3.54. The average molecular weight is 248 g/mol. The largest absolute Gasteiger partial charge is 0.317 e. The van der Waals surface area contributed by atoms with Crippen molar-refractivity contribution >= 4 is 0 Å². The van der Waals surface area contributed by atoms with Crippen LogP contribution in [0, 0.1) is 5.92 Å². The lowest BCUT2D eigenvalue weighted by molar-refractivity contribution is 0.197. The Bertz CT molecular complexity index is 322. The maximum Gasteiger partial charge on any atom is 0.115 e. The highest BCUT2D eigenvalue weighted by molar-refractivity contribution is 4.97. The molecule has 0 saturated carbocycles. The normalized spacial score (nSPS) is 17.2. The molecular formula is C14H24N4. The number of hydrogen-bond acceptors (Lipinski definition) is 4. The summed E-state index contributed by atoms with van der Waals surface area (Å²) < 4.78 is 0. The summed E-state index contributed by atoms with van der Waals surface area (Å²) in [4.78, 5) is 10.8. The molecule has 0 radical (unpaired) electrons. The van der Waals surface area contributed by atoms with Gasteiger partial charge < -0.3 is 5.32 Å². The summed E-state index contributed by atoms with van der Waals surface area (Å²) in [6.45, 7) is 7.93. The summed E-state index contributed by atoms with van der Waals surface area (Å²) in [5.41, 5.74) is 1.13. The molecule has 0 bridgehead atoms. The van der Waals surface area contributed by atoms with E-state index in [1.54, 1.807) is 6.33 Å². The molecule has 0 unspecified atom stereocenters. The molecule has 1 aromatic heterocycles. The van der Waals surface area contributed by atoms with E-state index in [2.05, 4.69) is 27.1 Å². The average Bonchev–Trinajstić information content (AvgIpc) is 2.41. The van der Waals surface area contributed by atoms with E-state index < -0.39 is 0 Å². The Morgan fingerprint density at radius 3 is 2.89 bits per heavy atom. The third-order valence-electron chi connectivity index (χ3n) is 3.54. The summed E-state index contributed by atoms with van der Waals surface area (Å²) in [6.07, 6.45) is 7.30. The van der Waals surface area contributed by atoms with Gasteiger partial charge in [-0.15, -0.1) is 0 Å². The monoisotopic (exact) mass is 248 g/mol. The minimum atomic E-state index is 0.847. The van der Waals surface area contributed by atoms with Gasteiger partial charge >= 0.3 is 0 Å². The first-order chi connectivity index (χ1) is 8.88. The molecule has 1 aliphatic rings. The molecule has 4 heteroatoms. The number of nitrogens with zero attached hydrogens (tertiary/aromatic N) is 3. The smallest absolute Gasteiger partial charge is 0.115 e. The van der Waals surface area contributed by atoms with Crippen LogP contribution >= 0.6 is 0 Å². The summed E-state index contributed by atoms with van der Waals surface area (Å²) in [5, 5.41) is 3.43. The van der Waals surface area contributed by atoms with E-state index in [4.69, 9.17) is 0 Å². The second-order valence-corrected chi connectivity index (χ2v) is 5.13. The van der Waals surface area contributed by atoms with E-state index >= 15 is 0 Å². The van der Waals surface area contributed by atoms with E-state index in [9.17, 15) is 0 Å². The van der Waals surface area contributed by atoms with Crippen molar-refractivity contribution in [2.75, 3.05) is 26.2 Å². The van der Waals surface area contributed by atoms with Crippen LogP contribution in [0.25, 0.3) is 0 Å². The van der Waals surface area contributed by atoms with Gasteiger partial charge in [0.05, 0.1) is 5.69 Å². The van der Waals surface area contributed by atoms with E-state index in [0.717, 1.165) is 24.7 Å². The Morgan fingerprint density at radius 1 is 1.39 bits per heavy atom. The first-order valence-electron chi connectivity index (χ1n) is 7.06. The zero-order valence-electron chi connectivity index (χ0n) is 11.3. The second kappa shape index (κ2) is 7.44. The van der Waals surface area contributed by atoms with Crippen LogP contribution in [0.3, 0.4) is 0 Å². The van der Waals surface area contributed by atoms with Crippen molar-refractivity contribution in [2.45, 2.75) is 32.7 Å². The Kier molecular flexibility index (Phi) is 5.55. The Morgan fingerprint density at radius 2 is 2.22 bits per heavy atom. The van der Waals surface area contributed by atoms with Gasteiger partial charge in [0.2, 0.25) is 0 Å². The van der Waals surface area contributed by atoms with Crippen LogP contribution in [0.1, 0.15) is 31.9 Å². The third kappa shape index (κ3) is 4.35. The molecule has 1 aliphatic heterocycles. The molecule has 100 valence electrons. The quantitative estimate of drug-likeness (QED) is 0.832. The molecule has 1 saturated heterocycles. The van der Waals surface area contributed by atoms with Crippen LogP contribution in [-0.2, 0) is 6.54 Å². The zero-order valence-corrected chi connectivity index (χ0v) is 11.3. The van der Waals surface area contributed by atoms with Crippen molar-refractivity contribution in [3.8, 4) is 0 Å². The van der Waals surface area contributed by atoms with E-state index in [1.165, 1.54) is 38.9 Å². The first kappa shape index (κ1) is 13.4. The predicted molar refractivity (Wildman–Crippen MR) is 73.2 cm³/mol. The lowest BCUT2D eigenvalue weighted by Gasteiger charge is -2.29. The molecule has 0 aliphatic carbocycles. The van der Waals surface area contributed by atoms with Crippen LogP contribution in [0.2, 0.25) is 0 Å². The zero-order chi connectivity index (χ0) is 12.6. The molecule has 0 amide bonds. The lowest BCUT2D eigenvalue weighted by atomic mass is 9.97. The number of aromatic nitrogens is 2. The summed E-state index contributed by atoms with van der Waals surface area (Å²) in [5.74, 6) is 0.847. The minimum absolute atomic E-state index is 0.847. The fourth-order valence-corrected chi connectivity index (χ4v) is 2.62. The highest BCUT2D eigenvalue weighted by Crippen LogP contribution is 2.15. The fourth-order valence-electron chi connectivity index (χ4n) is 2.62. The van der Waals surface area contributed by atoms with E-state index in [0.29, 0.717) is 0 Å². The highest BCUT2D eigenvalue weighted by atomic mass is 15.1. The Hall–Kier alpha value is -1.00. The van der Waals surface area contributed by atoms with Crippen LogP contribution in [0.15, 0.2) is 18.6 Å². The topological polar surface area (TPSA) is 41.1 Å². The lowest BCUT2D eigenvalue weighted by Crippen LogP contribution is -2.36. The number of rotatable bonds is 6. The minimum Gasteiger partial charge on any atom is -0.317 e. The Labute approximate surface area is 110 Å². The molecule has 4 nitrogen and oxygen atoms in total. The van der Waals surface area contributed by atoms with E-state index in [-0.39, 0.29) is 0 Å². The van der Waals surface area contributed by atoms with Gasteiger partial charge in [-0.05, 0) is 50.9 Å². The SMILES string of the molecule is CCCN(Cc1ccncn1)CC1CCNCC1. The van der Waals surface area contributed by atoms with Gasteiger partial charge in [-0.3, -0.25) is 4.90 Å². The molecule has 1 fully saturated rings. The summed E-state index contributed by atoms with van der Waals surface area (Å²) in [7, 11) is 0. The number of nitrogens with one attached hydrogen (secondary N) is 1. The fraction of sp³-hybridized carbons (Fsp3) is 0.714. The molecular weight excluding hydrogens is 224 g/mol. The van der Waals surface area contributed by atoms with Crippen molar-refractivity contribution in [3.63, 3.8) is 0 Å². The van der Waals surface area contributed by atoms with Crippen molar-refractivity contribution in [3.05, 3.63) is 24.3 Å². The molecule has 18 heavy (non-hydrogen) atoms. The number of hydrogen-bond donors (Lipinski definition) is 1. The number of piperidine rings is 1. The van der Waals surface area contributed by atoms with Crippen LogP contribution in [0.4, 0.5) is 0 Å². The van der Waals surface area contributed by atoms with Crippen molar-refractivity contribution in [1.82, 2.24) is 20.2 Å². The highest BCUT2D eigenvalue weighted by Gasteiger charge is 2.16. The summed E-state index contributed by atoms with van der Waals surface area (Å²) >= 11 is 0. The first-order valence-corrected chi connectivity index (χ1v) is 7.06. The van der Waals surface area contributed by atoms with E-state index in [1.807, 2.05) is 12.3 Å². The maximum atomic E-state index is 4.33. The van der Waals surface area contributed by atoms with Crippen LogP contribution in [0.5, 0.6) is 0 Å². The molecule has 2 heterocycles. The Balaban J connectivity index is 1.86. The van der Waals surface area contributed by atoms with Crippen molar-refractivity contribution in [2.24, 2.45) is 5.92 Å². The molecule has 2 rings (SSSR count). The van der Waals surface area contributed by atoms with Gasteiger partial charge in [0.1, 0.15) is 6.33 Å². The standard InChI is InChI=1S/C14H24N4/c1-2-9-18(10-13-3-6-15-7-4-13)11-14-5-8-16-12-17-14/h5,8,12-13,15H,2-4,6-7,9-11H2,1H3. The molecule has 1 aromatic rings. The molecule has 0 spiro atoms. The molecule has 0 aromatic carbocycles. The van der Waals surface area contributed by atoms with Gasteiger partial charge in [-0.1, -0.05) is 6.92 Å². The van der Waals surface area contributed by atoms with Gasteiger partial charge in [-0.25, -0.2) is 9.97 Å².